The molecule has 6 nitrogen and oxygen atoms in total. The Morgan fingerprint density at radius 2 is 2.00 bits per heavy atom. The van der Waals surface area contributed by atoms with Crippen LogP contribution < -0.4 is 10.1 Å². The van der Waals surface area contributed by atoms with Crippen molar-refractivity contribution in [2.75, 3.05) is 19.6 Å². The molecular formula is C17H21F3N2O4. The summed E-state index contributed by atoms with van der Waals surface area (Å²) in [6.07, 6.45) is -4.11. The normalized spacial score (nSPS) is 20.5. The summed E-state index contributed by atoms with van der Waals surface area (Å²) in [4.78, 5) is 24.8. The van der Waals surface area contributed by atoms with Gasteiger partial charge in [-0.05, 0) is 30.4 Å². The Kier molecular flexibility index (Phi) is 6.33. The first-order valence-electron chi connectivity index (χ1n) is 8.25. The van der Waals surface area contributed by atoms with Crippen molar-refractivity contribution in [2.45, 2.75) is 26.1 Å². The van der Waals surface area contributed by atoms with E-state index in [4.69, 9.17) is 5.11 Å². The van der Waals surface area contributed by atoms with Gasteiger partial charge in [0.05, 0.1) is 5.92 Å². The van der Waals surface area contributed by atoms with Crippen LogP contribution in [0.4, 0.5) is 18.0 Å². The highest BCUT2D eigenvalue weighted by Crippen LogP contribution is 2.26. The van der Waals surface area contributed by atoms with Crippen LogP contribution in [0.2, 0.25) is 0 Å². The Labute approximate surface area is 148 Å². The number of amides is 2. The lowest BCUT2D eigenvalue weighted by atomic mass is 9.91. The van der Waals surface area contributed by atoms with Gasteiger partial charge in [-0.3, -0.25) is 4.79 Å². The number of benzene rings is 1. The second-order valence-corrected chi connectivity index (χ2v) is 6.42. The van der Waals surface area contributed by atoms with E-state index >= 15 is 0 Å². The fourth-order valence-corrected chi connectivity index (χ4v) is 3.05. The molecule has 1 aliphatic heterocycles. The molecule has 2 rings (SSSR count). The molecule has 1 aliphatic rings. The van der Waals surface area contributed by atoms with Gasteiger partial charge in [0.2, 0.25) is 0 Å². The Balaban J connectivity index is 1.90. The Hall–Kier alpha value is -2.45. The van der Waals surface area contributed by atoms with Crippen LogP contribution in [0.25, 0.3) is 0 Å². The summed E-state index contributed by atoms with van der Waals surface area (Å²) in [7, 11) is 0. The molecule has 2 N–H and O–H groups in total. The number of carboxylic acid groups (broad SMARTS) is 1. The number of hydrogen-bond acceptors (Lipinski definition) is 3. The second kappa shape index (κ2) is 8.29. The molecule has 0 saturated carbocycles. The molecule has 0 bridgehead atoms. The lowest BCUT2D eigenvalue weighted by molar-refractivity contribution is -0.274. The minimum absolute atomic E-state index is 0.0662. The third-order valence-electron chi connectivity index (χ3n) is 4.17. The number of aliphatic carboxylic acids is 1. The van der Waals surface area contributed by atoms with E-state index in [0.717, 1.165) is 0 Å². The summed E-state index contributed by atoms with van der Waals surface area (Å²) in [6, 6.07) is 5.32. The number of halogens is 3. The minimum Gasteiger partial charge on any atom is -0.481 e. The predicted octanol–water partition coefficient (Wildman–Crippen LogP) is 2.88. The van der Waals surface area contributed by atoms with E-state index in [-0.39, 0.29) is 31.2 Å². The Morgan fingerprint density at radius 1 is 1.31 bits per heavy atom. The summed E-state index contributed by atoms with van der Waals surface area (Å²) in [5, 5.41) is 11.8. The fraction of sp³-hybridized carbons (Fsp3) is 0.529. The van der Waals surface area contributed by atoms with Crippen LogP contribution in [0.5, 0.6) is 5.75 Å². The highest BCUT2D eigenvalue weighted by Gasteiger charge is 2.33. The number of likely N-dealkylation sites (tertiary alicyclic amines) is 1. The second-order valence-electron chi connectivity index (χ2n) is 6.42. The van der Waals surface area contributed by atoms with Crippen LogP contribution in [0.3, 0.4) is 0 Å². The number of piperidine rings is 1. The number of carbonyl (C=O) groups excluding carboxylic acids is 1. The molecule has 2 amide bonds. The number of ether oxygens (including phenoxy) is 1. The molecule has 0 radical (unpaired) electrons. The number of hydrogen-bond donors (Lipinski definition) is 2. The third kappa shape index (κ3) is 5.82. The SMILES string of the molecule is CC1CC(C(=O)O)CN(C(=O)NCCc2ccccc2OC(F)(F)F)C1. The van der Waals surface area contributed by atoms with Crippen molar-refractivity contribution in [1.29, 1.82) is 0 Å². The standard InChI is InChI=1S/C17H21F3N2O4/c1-11-8-13(15(23)24)10-22(9-11)16(25)21-7-6-12-4-2-3-5-14(12)26-17(18,19)20/h2-5,11,13H,6-10H2,1H3,(H,21,25)(H,23,24). The predicted molar refractivity (Wildman–Crippen MR) is 86.7 cm³/mol. The van der Waals surface area contributed by atoms with Crippen molar-refractivity contribution < 1.29 is 32.6 Å². The average molecular weight is 374 g/mol. The summed E-state index contributed by atoms with van der Waals surface area (Å²) < 4.78 is 41.2. The van der Waals surface area contributed by atoms with E-state index in [1.54, 1.807) is 6.07 Å². The summed E-state index contributed by atoms with van der Waals surface area (Å²) in [5.74, 6) is -1.78. The molecule has 1 saturated heterocycles. The first-order valence-corrected chi connectivity index (χ1v) is 8.25. The highest BCUT2D eigenvalue weighted by atomic mass is 19.4. The third-order valence-corrected chi connectivity index (χ3v) is 4.17. The van der Waals surface area contributed by atoms with Crippen LogP contribution >= 0.6 is 0 Å². The number of para-hydroxylation sites is 1. The molecule has 144 valence electrons. The van der Waals surface area contributed by atoms with E-state index < -0.39 is 24.3 Å². The molecule has 1 fully saturated rings. The smallest absolute Gasteiger partial charge is 0.481 e. The van der Waals surface area contributed by atoms with Crippen molar-refractivity contribution in [3.63, 3.8) is 0 Å². The van der Waals surface area contributed by atoms with Crippen molar-refractivity contribution >= 4 is 12.0 Å². The molecule has 0 aromatic heterocycles. The lowest BCUT2D eigenvalue weighted by Gasteiger charge is -2.34. The summed E-state index contributed by atoms with van der Waals surface area (Å²) >= 11 is 0. The number of nitrogens with one attached hydrogen (secondary N) is 1. The van der Waals surface area contributed by atoms with Gasteiger partial charge < -0.3 is 20.1 Å². The molecule has 9 heteroatoms. The largest absolute Gasteiger partial charge is 0.573 e. The molecular weight excluding hydrogens is 353 g/mol. The quantitative estimate of drug-likeness (QED) is 0.831. The highest BCUT2D eigenvalue weighted by molar-refractivity contribution is 5.76. The van der Waals surface area contributed by atoms with Gasteiger partial charge in [-0.15, -0.1) is 13.2 Å². The Morgan fingerprint density at radius 3 is 2.65 bits per heavy atom. The van der Waals surface area contributed by atoms with Crippen LogP contribution in [0.15, 0.2) is 24.3 Å². The molecule has 0 spiro atoms. The Bertz CT molecular complexity index is 651. The van der Waals surface area contributed by atoms with Gasteiger partial charge in [0.1, 0.15) is 5.75 Å². The van der Waals surface area contributed by atoms with Gasteiger partial charge in [-0.2, -0.15) is 0 Å². The van der Waals surface area contributed by atoms with E-state index in [1.165, 1.54) is 23.1 Å². The first kappa shape index (κ1) is 19.9. The zero-order chi connectivity index (χ0) is 19.3. The zero-order valence-electron chi connectivity index (χ0n) is 14.3. The number of carbonyl (C=O) groups is 2. The maximum absolute atomic E-state index is 12.4. The molecule has 2 atom stereocenters. The van der Waals surface area contributed by atoms with Gasteiger partial charge in [0, 0.05) is 19.6 Å². The number of rotatable bonds is 5. The number of carboxylic acids is 1. The summed E-state index contributed by atoms with van der Waals surface area (Å²) in [5.41, 5.74) is 0.320. The molecule has 2 unspecified atom stereocenters. The van der Waals surface area contributed by atoms with Crippen LogP contribution in [0.1, 0.15) is 18.9 Å². The van der Waals surface area contributed by atoms with Gasteiger partial charge in [0.15, 0.2) is 0 Å². The minimum atomic E-state index is -4.78. The van der Waals surface area contributed by atoms with E-state index in [1.807, 2.05) is 6.92 Å². The van der Waals surface area contributed by atoms with Gasteiger partial charge >= 0.3 is 18.4 Å². The number of alkyl halides is 3. The lowest BCUT2D eigenvalue weighted by Crippen LogP contribution is -2.49. The molecule has 1 heterocycles. The van der Waals surface area contributed by atoms with Crippen molar-refractivity contribution in [1.82, 2.24) is 10.2 Å². The molecule has 0 aliphatic carbocycles. The molecule has 1 aromatic carbocycles. The maximum atomic E-state index is 12.4. The zero-order valence-corrected chi connectivity index (χ0v) is 14.3. The first-order chi connectivity index (χ1) is 12.2. The van der Waals surface area contributed by atoms with Crippen molar-refractivity contribution in [3.8, 4) is 5.75 Å². The summed E-state index contributed by atoms with van der Waals surface area (Å²) in [6.45, 7) is 2.56. The number of urea groups is 1. The van der Waals surface area contributed by atoms with Crippen LogP contribution in [-0.4, -0.2) is 48.0 Å². The van der Waals surface area contributed by atoms with Gasteiger partial charge in [-0.1, -0.05) is 25.1 Å². The average Bonchev–Trinajstić information content (AvgIpc) is 2.54. The number of nitrogens with zero attached hydrogens (tertiary/aromatic N) is 1. The van der Waals surface area contributed by atoms with E-state index in [9.17, 15) is 22.8 Å². The van der Waals surface area contributed by atoms with Crippen LogP contribution in [0, 0.1) is 11.8 Å². The van der Waals surface area contributed by atoms with E-state index in [2.05, 4.69) is 10.1 Å². The van der Waals surface area contributed by atoms with E-state index in [0.29, 0.717) is 18.5 Å². The molecule has 26 heavy (non-hydrogen) atoms. The van der Waals surface area contributed by atoms with Crippen molar-refractivity contribution in [2.24, 2.45) is 11.8 Å². The van der Waals surface area contributed by atoms with Crippen LogP contribution in [-0.2, 0) is 11.2 Å². The topological polar surface area (TPSA) is 78.9 Å². The monoisotopic (exact) mass is 374 g/mol. The van der Waals surface area contributed by atoms with Crippen molar-refractivity contribution in [3.05, 3.63) is 29.8 Å². The van der Waals surface area contributed by atoms with Gasteiger partial charge in [0.25, 0.3) is 0 Å². The van der Waals surface area contributed by atoms with Gasteiger partial charge in [-0.25, -0.2) is 4.79 Å². The fourth-order valence-electron chi connectivity index (χ4n) is 3.05. The molecule has 1 aromatic rings. The maximum Gasteiger partial charge on any atom is 0.573 e.